The molecule has 0 unspecified atom stereocenters. The Balaban J connectivity index is 2.18. The summed E-state index contributed by atoms with van der Waals surface area (Å²) in [4.78, 5) is 11.4. The van der Waals surface area contributed by atoms with Gasteiger partial charge in [0.15, 0.2) is 11.5 Å². The van der Waals surface area contributed by atoms with E-state index < -0.39 is 6.29 Å². The van der Waals surface area contributed by atoms with E-state index in [-0.39, 0.29) is 28.5 Å². The lowest BCUT2D eigenvalue weighted by atomic mass is 10.0. The highest BCUT2D eigenvalue weighted by molar-refractivity contribution is 5.83. The first-order chi connectivity index (χ1) is 9.91. The summed E-state index contributed by atoms with van der Waals surface area (Å²) in [6.07, 6.45) is -1.00. The highest BCUT2D eigenvalue weighted by atomic mass is 19.3. The van der Waals surface area contributed by atoms with Crippen LogP contribution < -0.4 is 9.47 Å². The lowest BCUT2D eigenvalue weighted by Crippen LogP contribution is -2.26. The van der Waals surface area contributed by atoms with Crippen LogP contribution in [0.3, 0.4) is 0 Å². The van der Waals surface area contributed by atoms with Gasteiger partial charge in [0.2, 0.25) is 5.91 Å². The number of hydrogen-bond acceptors (Lipinski definition) is 4. The summed E-state index contributed by atoms with van der Waals surface area (Å²) in [5, 5.41) is 9.13. The molecule has 0 atom stereocenters. The molecule has 0 N–H and O–H groups in total. The molecule has 0 bridgehead atoms. The summed E-state index contributed by atoms with van der Waals surface area (Å²) in [6, 6.07) is 6.29. The third kappa shape index (κ3) is 2.10. The molecule has 1 aliphatic rings. The van der Waals surface area contributed by atoms with Gasteiger partial charge in [0.25, 0.3) is 0 Å². The van der Waals surface area contributed by atoms with Gasteiger partial charge in [0, 0.05) is 30.4 Å². The number of nitriles is 1. The first-order valence-corrected chi connectivity index (χ1v) is 5.93. The number of aromatic nitrogens is 1. The quantitative estimate of drug-likeness (QED) is 0.809. The van der Waals surface area contributed by atoms with Crippen LogP contribution in [-0.4, -0.2) is 16.8 Å². The third-order valence-corrected chi connectivity index (χ3v) is 3.03. The first-order valence-electron chi connectivity index (χ1n) is 5.93. The minimum absolute atomic E-state index is 0.114. The Bertz CT molecular complexity index is 790. The van der Waals surface area contributed by atoms with Crippen LogP contribution in [0, 0.1) is 11.3 Å². The molecule has 1 aromatic carbocycles. The smallest absolute Gasteiger partial charge is 0.395 e. The van der Waals surface area contributed by atoms with E-state index in [2.05, 4.69) is 9.47 Å². The second-order valence-corrected chi connectivity index (χ2v) is 4.42. The lowest BCUT2D eigenvalue weighted by molar-refractivity contribution is -0.286. The van der Waals surface area contributed by atoms with Gasteiger partial charge >= 0.3 is 6.29 Å². The summed E-state index contributed by atoms with van der Waals surface area (Å²) in [6.45, 7) is 1.33. The normalized spacial score (nSPS) is 14.8. The Hall–Kier alpha value is -2.88. The second-order valence-electron chi connectivity index (χ2n) is 4.42. The predicted molar refractivity (Wildman–Crippen MR) is 67.1 cm³/mol. The molecule has 1 aliphatic heterocycles. The molecule has 5 nitrogen and oxygen atoms in total. The van der Waals surface area contributed by atoms with Crippen molar-refractivity contribution >= 4 is 5.91 Å². The minimum atomic E-state index is -3.74. The molecule has 0 fully saturated rings. The van der Waals surface area contributed by atoms with Gasteiger partial charge in [-0.2, -0.15) is 5.26 Å². The number of fused-ring (bicyclic) bond motifs is 1. The maximum absolute atomic E-state index is 13.2. The molecule has 0 saturated carbocycles. The second kappa shape index (κ2) is 4.31. The molecule has 2 heterocycles. The fourth-order valence-electron chi connectivity index (χ4n) is 2.12. The van der Waals surface area contributed by atoms with Gasteiger partial charge in [0.05, 0.1) is 5.56 Å². The minimum Gasteiger partial charge on any atom is -0.395 e. The van der Waals surface area contributed by atoms with E-state index in [0.29, 0.717) is 5.56 Å². The Kier molecular flexibility index (Phi) is 2.69. The molecule has 0 aliphatic carbocycles. The van der Waals surface area contributed by atoms with Crippen LogP contribution in [0.1, 0.15) is 17.3 Å². The van der Waals surface area contributed by atoms with E-state index in [0.717, 1.165) is 0 Å². The van der Waals surface area contributed by atoms with Crippen molar-refractivity contribution in [3.8, 4) is 28.7 Å². The van der Waals surface area contributed by atoms with Crippen molar-refractivity contribution in [2.24, 2.45) is 0 Å². The van der Waals surface area contributed by atoms with Crippen molar-refractivity contribution in [2.45, 2.75) is 13.2 Å². The largest absolute Gasteiger partial charge is 0.586 e. The lowest BCUT2D eigenvalue weighted by Gasteiger charge is -2.06. The Morgan fingerprint density at radius 2 is 2.05 bits per heavy atom. The van der Waals surface area contributed by atoms with Gasteiger partial charge in [-0.1, -0.05) is 12.1 Å². The molecule has 7 heteroatoms. The van der Waals surface area contributed by atoms with Gasteiger partial charge in [-0.15, -0.1) is 8.78 Å². The van der Waals surface area contributed by atoms with Gasteiger partial charge in [-0.3, -0.25) is 9.36 Å². The van der Waals surface area contributed by atoms with Crippen LogP contribution in [0.2, 0.25) is 0 Å². The molecule has 21 heavy (non-hydrogen) atoms. The van der Waals surface area contributed by atoms with Crippen molar-refractivity contribution in [1.29, 1.82) is 5.26 Å². The van der Waals surface area contributed by atoms with E-state index in [4.69, 9.17) is 5.26 Å². The zero-order chi connectivity index (χ0) is 15.2. The molecular formula is C14H8F2N2O3. The van der Waals surface area contributed by atoms with E-state index in [1.807, 2.05) is 6.07 Å². The van der Waals surface area contributed by atoms with Crippen LogP contribution in [0.5, 0.6) is 11.5 Å². The number of para-hydroxylation sites is 1. The average Bonchev–Trinajstić information content (AvgIpc) is 2.96. The topological polar surface area (TPSA) is 64.2 Å². The number of nitrogens with zero attached hydrogens (tertiary/aromatic N) is 2. The average molecular weight is 290 g/mol. The predicted octanol–water partition coefficient (Wildman–Crippen LogP) is 3.01. The summed E-state index contributed by atoms with van der Waals surface area (Å²) in [5.41, 5.74) is 0.768. The van der Waals surface area contributed by atoms with E-state index in [1.165, 1.54) is 42.1 Å². The number of halogens is 2. The van der Waals surface area contributed by atoms with Crippen molar-refractivity contribution < 1.29 is 23.0 Å². The monoisotopic (exact) mass is 290 g/mol. The molecule has 0 radical (unpaired) electrons. The molecule has 0 amide bonds. The van der Waals surface area contributed by atoms with Crippen LogP contribution in [0.4, 0.5) is 8.78 Å². The fraction of sp³-hybridized carbons (Fsp3) is 0.143. The van der Waals surface area contributed by atoms with Gasteiger partial charge < -0.3 is 9.47 Å². The summed E-state index contributed by atoms with van der Waals surface area (Å²) < 4.78 is 36.4. The fourth-order valence-corrected chi connectivity index (χ4v) is 2.12. The van der Waals surface area contributed by atoms with Gasteiger partial charge in [0.1, 0.15) is 6.07 Å². The number of benzene rings is 1. The standard InChI is InChI=1S/C14H8F2N2O3/c1-8(19)18-6-9(5-17)11(7-18)10-3-2-4-12-13(10)21-14(15,16)20-12/h2-4,6-7H,1H3. The Labute approximate surface area is 117 Å². The van der Waals surface area contributed by atoms with Crippen molar-refractivity contribution in [3.63, 3.8) is 0 Å². The Morgan fingerprint density at radius 3 is 2.71 bits per heavy atom. The molecule has 3 rings (SSSR count). The maximum atomic E-state index is 13.2. The van der Waals surface area contributed by atoms with Crippen molar-refractivity contribution in [3.05, 3.63) is 36.2 Å². The SMILES string of the molecule is CC(=O)n1cc(C#N)c(-c2cccc3c2OC(F)(F)O3)c1. The molecular weight excluding hydrogens is 282 g/mol. The van der Waals surface area contributed by atoms with Gasteiger partial charge in [-0.05, 0) is 6.07 Å². The highest BCUT2D eigenvalue weighted by Crippen LogP contribution is 2.47. The number of ether oxygens (including phenoxy) is 2. The van der Waals surface area contributed by atoms with E-state index >= 15 is 0 Å². The summed E-state index contributed by atoms with van der Waals surface area (Å²) >= 11 is 0. The molecule has 2 aromatic rings. The Morgan fingerprint density at radius 1 is 1.29 bits per heavy atom. The number of rotatable bonds is 1. The summed E-state index contributed by atoms with van der Waals surface area (Å²) in [7, 11) is 0. The van der Waals surface area contributed by atoms with Crippen molar-refractivity contribution in [2.75, 3.05) is 0 Å². The number of carbonyl (C=O) groups is 1. The summed E-state index contributed by atoms with van der Waals surface area (Å²) in [5.74, 6) is -0.565. The van der Waals surface area contributed by atoms with E-state index in [1.54, 1.807) is 0 Å². The first kappa shape index (κ1) is 13.1. The zero-order valence-electron chi connectivity index (χ0n) is 10.8. The van der Waals surface area contributed by atoms with Crippen LogP contribution in [0.25, 0.3) is 11.1 Å². The maximum Gasteiger partial charge on any atom is 0.586 e. The van der Waals surface area contributed by atoms with E-state index in [9.17, 15) is 13.6 Å². The van der Waals surface area contributed by atoms with Crippen molar-refractivity contribution in [1.82, 2.24) is 4.57 Å². The zero-order valence-corrected chi connectivity index (χ0v) is 10.8. The highest BCUT2D eigenvalue weighted by Gasteiger charge is 2.44. The van der Waals surface area contributed by atoms with Crippen LogP contribution >= 0.6 is 0 Å². The van der Waals surface area contributed by atoms with Crippen LogP contribution in [-0.2, 0) is 0 Å². The molecule has 106 valence electrons. The van der Waals surface area contributed by atoms with Crippen LogP contribution in [0.15, 0.2) is 30.6 Å². The number of alkyl halides is 2. The number of carbonyl (C=O) groups excluding carboxylic acids is 1. The van der Waals surface area contributed by atoms with Gasteiger partial charge in [-0.25, -0.2) is 0 Å². The molecule has 0 saturated heterocycles. The molecule has 1 aromatic heterocycles. The number of hydrogen-bond donors (Lipinski definition) is 0. The molecule has 0 spiro atoms. The third-order valence-electron chi connectivity index (χ3n) is 3.03.